The van der Waals surface area contributed by atoms with Crippen molar-refractivity contribution in [2.75, 3.05) is 16.4 Å². The van der Waals surface area contributed by atoms with Crippen LogP contribution in [0, 0.1) is 23.3 Å². The molecule has 0 atom stereocenters. The number of rotatable bonds is 4. The third-order valence-electron chi connectivity index (χ3n) is 3.25. The van der Waals surface area contributed by atoms with Gasteiger partial charge in [0.05, 0.1) is 0 Å². The summed E-state index contributed by atoms with van der Waals surface area (Å²) in [6, 6.07) is 6.41. The molecule has 0 aliphatic rings. The second kappa shape index (κ2) is 6.63. The predicted molar refractivity (Wildman–Crippen MR) is 85.7 cm³/mol. The molecular weight excluding hydrogens is 338 g/mol. The summed E-state index contributed by atoms with van der Waals surface area (Å²) >= 11 is 0. The summed E-state index contributed by atoms with van der Waals surface area (Å²) in [5.74, 6) is -3.77. The quantitative estimate of drug-likeness (QED) is 0.618. The lowest BCUT2D eigenvalue weighted by Gasteiger charge is -2.13. The molecule has 2 aromatic carbocycles. The molecule has 0 spiro atoms. The molecule has 1 aromatic heterocycles. The van der Waals surface area contributed by atoms with Gasteiger partial charge >= 0.3 is 0 Å². The number of benzene rings is 2. The summed E-state index contributed by atoms with van der Waals surface area (Å²) in [6.07, 6.45) is 1.17. The van der Waals surface area contributed by atoms with Gasteiger partial charge in [0.2, 0.25) is 0 Å². The van der Waals surface area contributed by atoms with Crippen molar-refractivity contribution in [3.63, 3.8) is 0 Å². The van der Waals surface area contributed by atoms with Gasteiger partial charge in [0.25, 0.3) is 0 Å². The van der Waals surface area contributed by atoms with Crippen molar-refractivity contribution in [2.24, 2.45) is 0 Å². The Bertz CT molecular complexity index is 861. The van der Waals surface area contributed by atoms with E-state index in [-0.39, 0.29) is 28.7 Å². The molecule has 3 aromatic rings. The number of nitrogens with two attached hydrogens (primary N) is 1. The van der Waals surface area contributed by atoms with Crippen LogP contribution in [0.4, 0.5) is 46.3 Å². The summed E-state index contributed by atoms with van der Waals surface area (Å²) in [6.45, 7) is 0. The van der Waals surface area contributed by atoms with Crippen LogP contribution in [0.5, 0.6) is 0 Å². The van der Waals surface area contributed by atoms with Gasteiger partial charge in [-0.1, -0.05) is 0 Å². The zero-order valence-electron chi connectivity index (χ0n) is 12.5. The van der Waals surface area contributed by atoms with Crippen LogP contribution in [0.25, 0.3) is 0 Å². The Morgan fingerprint density at radius 2 is 1.12 bits per heavy atom. The maximum Gasteiger partial charge on any atom is 0.160 e. The highest BCUT2D eigenvalue weighted by Gasteiger charge is 2.11. The van der Waals surface area contributed by atoms with Gasteiger partial charge in [0, 0.05) is 23.5 Å². The fourth-order valence-corrected chi connectivity index (χ4v) is 2.02. The third-order valence-corrected chi connectivity index (χ3v) is 3.25. The Labute approximate surface area is 139 Å². The molecule has 4 N–H and O–H groups in total. The summed E-state index contributed by atoms with van der Waals surface area (Å²) < 4.78 is 52.5. The van der Waals surface area contributed by atoms with Gasteiger partial charge in [-0.05, 0) is 24.3 Å². The lowest BCUT2D eigenvalue weighted by atomic mass is 10.2. The van der Waals surface area contributed by atoms with Gasteiger partial charge in [-0.3, -0.25) is 0 Å². The SMILES string of the molecule is Nc1c(Nc2ccc(F)c(F)c2)ncnc1Nc1ccc(F)c(F)c1. The van der Waals surface area contributed by atoms with Gasteiger partial charge in [-0.2, -0.15) is 0 Å². The Hall–Kier alpha value is -3.36. The van der Waals surface area contributed by atoms with E-state index in [9.17, 15) is 17.6 Å². The molecule has 9 heteroatoms. The molecule has 128 valence electrons. The number of anilines is 5. The molecule has 0 saturated heterocycles. The van der Waals surface area contributed by atoms with E-state index in [1.54, 1.807) is 0 Å². The minimum absolute atomic E-state index is 0.0527. The van der Waals surface area contributed by atoms with Gasteiger partial charge < -0.3 is 16.4 Å². The Balaban J connectivity index is 1.86. The van der Waals surface area contributed by atoms with E-state index in [0.29, 0.717) is 0 Å². The third kappa shape index (κ3) is 3.60. The highest BCUT2D eigenvalue weighted by molar-refractivity contribution is 5.80. The van der Waals surface area contributed by atoms with Gasteiger partial charge in [-0.15, -0.1) is 0 Å². The van der Waals surface area contributed by atoms with E-state index in [1.165, 1.54) is 18.5 Å². The molecule has 1 heterocycles. The van der Waals surface area contributed by atoms with Crippen molar-refractivity contribution in [1.82, 2.24) is 9.97 Å². The van der Waals surface area contributed by atoms with Crippen LogP contribution in [-0.4, -0.2) is 9.97 Å². The van der Waals surface area contributed by atoms with Crippen molar-refractivity contribution >= 4 is 28.7 Å². The number of aromatic nitrogens is 2. The molecule has 0 saturated carbocycles. The first-order valence-corrected chi connectivity index (χ1v) is 6.98. The second-order valence-corrected chi connectivity index (χ2v) is 4.99. The molecule has 0 radical (unpaired) electrons. The molecule has 0 bridgehead atoms. The average molecular weight is 349 g/mol. The van der Waals surface area contributed by atoms with E-state index in [0.717, 1.165) is 24.3 Å². The zero-order valence-corrected chi connectivity index (χ0v) is 12.5. The first-order chi connectivity index (χ1) is 11.9. The maximum atomic E-state index is 13.3. The van der Waals surface area contributed by atoms with Crippen LogP contribution in [0.2, 0.25) is 0 Å². The molecule has 0 fully saturated rings. The minimum Gasteiger partial charge on any atom is -0.393 e. The van der Waals surface area contributed by atoms with Crippen molar-refractivity contribution < 1.29 is 17.6 Å². The Morgan fingerprint density at radius 3 is 1.52 bits per heavy atom. The lowest BCUT2D eigenvalue weighted by Crippen LogP contribution is -2.05. The fourth-order valence-electron chi connectivity index (χ4n) is 2.02. The van der Waals surface area contributed by atoms with Crippen LogP contribution < -0.4 is 16.4 Å². The number of nitrogen functional groups attached to an aromatic ring is 1. The lowest BCUT2D eigenvalue weighted by molar-refractivity contribution is 0.509. The second-order valence-electron chi connectivity index (χ2n) is 4.99. The van der Waals surface area contributed by atoms with Gasteiger partial charge in [-0.25, -0.2) is 27.5 Å². The fraction of sp³-hybridized carbons (Fsp3) is 0. The summed E-state index contributed by atoms with van der Waals surface area (Å²) in [5.41, 5.74) is 6.43. The standard InChI is InChI=1S/C16H11F4N5/c17-10-3-1-8(5-12(10)19)24-15-14(21)16(23-7-22-15)25-9-2-4-11(18)13(20)6-9/h1-7H,21H2,(H2,22,23,24,25). The van der Waals surface area contributed by atoms with Crippen molar-refractivity contribution in [3.05, 3.63) is 66.0 Å². The average Bonchev–Trinajstić information content (AvgIpc) is 2.58. The zero-order chi connectivity index (χ0) is 18.0. The molecule has 0 amide bonds. The number of nitrogens with one attached hydrogen (secondary N) is 2. The van der Waals surface area contributed by atoms with Gasteiger partial charge in [0.15, 0.2) is 34.9 Å². The molecule has 5 nitrogen and oxygen atoms in total. The van der Waals surface area contributed by atoms with E-state index in [1.807, 2.05) is 0 Å². The van der Waals surface area contributed by atoms with E-state index >= 15 is 0 Å². The summed E-state index contributed by atoms with van der Waals surface area (Å²) in [7, 11) is 0. The van der Waals surface area contributed by atoms with Gasteiger partial charge in [0.1, 0.15) is 12.0 Å². The Morgan fingerprint density at radius 1 is 0.680 bits per heavy atom. The van der Waals surface area contributed by atoms with E-state index < -0.39 is 23.3 Å². The summed E-state index contributed by atoms with van der Waals surface area (Å²) in [5, 5.41) is 5.46. The van der Waals surface area contributed by atoms with Crippen LogP contribution in [0.1, 0.15) is 0 Å². The van der Waals surface area contributed by atoms with E-state index in [4.69, 9.17) is 5.73 Å². The highest BCUT2D eigenvalue weighted by atomic mass is 19.2. The molecule has 0 aliphatic heterocycles. The number of nitrogens with zero attached hydrogens (tertiary/aromatic N) is 2. The first-order valence-electron chi connectivity index (χ1n) is 6.98. The summed E-state index contributed by atoms with van der Waals surface area (Å²) in [4.78, 5) is 7.84. The highest BCUT2D eigenvalue weighted by Crippen LogP contribution is 2.28. The maximum absolute atomic E-state index is 13.3. The topological polar surface area (TPSA) is 75.9 Å². The van der Waals surface area contributed by atoms with Crippen molar-refractivity contribution in [1.29, 1.82) is 0 Å². The number of halogens is 4. The van der Waals surface area contributed by atoms with Crippen LogP contribution in [0.3, 0.4) is 0 Å². The molecular formula is C16H11F4N5. The van der Waals surface area contributed by atoms with Crippen molar-refractivity contribution in [2.45, 2.75) is 0 Å². The first kappa shape index (κ1) is 16.5. The van der Waals surface area contributed by atoms with Crippen LogP contribution in [0.15, 0.2) is 42.7 Å². The minimum atomic E-state index is -1.03. The predicted octanol–water partition coefficient (Wildman–Crippen LogP) is 4.10. The monoisotopic (exact) mass is 349 g/mol. The molecule has 0 aliphatic carbocycles. The molecule has 3 rings (SSSR count). The molecule has 0 unspecified atom stereocenters. The Kier molecular flexibility index (Phi) is 4.38. The van der Waals surface area contributed by atoms with Crippen LogP contribution in [-0.2, 0) is 0 Å². The van der Waals surface area contributed by atoms with Crippen molar-refractivity contribution in [3.8, 4) is 0 Å². The number of hydrogen-bond acceptors (Lipinski definition) is 5. The number of hydrogen-bond donors (Lipinski definition) is 3. The molecule has 25 heavy (non-hydrogen) atoms. The normalized spacial score (nSPS) is 10.6. The van der Waals surface area contributed by atoms with E-state index in [2.05, 4.69) is 20.6 Å². The smallest absolute Gasteiger partial charge is 0.160 e. The van der Waals surface area contributed by atoms with Crippen LogP contribution >= 0.6 is 0 Å². The largest absolute Gasteiger partial charge is 0.393 e.